The number of hydrogen-bond acceptors (Lipinski definition) is 4. The first-order valence-electron chi connectivity index (χ1n) is 4.34. The SMILES string of the molecule is O=C(O)c1nc2c(cc1O)CNCC2. The van der Waals surface area contributed by atoms with Crippen LogP contribution >= 0.6 is 0 Å². The minimum Gasteiger partial charge on any atom is -0.505 e. The Morgan fingerprint density at radius 1 is 1.57 bits per heavy atom. The van der Waals surface area contributed by atoms with E-state index in [-0.39, 0.29) is 11.4 Å². The third kappa shape index (κ3) is 1.42. The summed E-state index contributed by atoms with van der Waals surface area (Å²) in [6, 6.07) is 1.47. The molecule has 0 aliphatic carbocycles. The molecule has 2 heterocycles. The Labute approximate surface area is 80.4 Å². The number of carboxylic acids is 1. The van der Waals surface area contributed by atoms with Gasteiger partial charge >= 0.3 is 5.97 Å². The van der Waals surface area contributed by atoms with E-state index in [2.05, 4.69) is 10.3 Å². The number of aromatic nitrogens is 1. The van der Waals surface area contributed by atoms with Crippen molar-refractivity contribution in [3.8, 4) is 5.75 Å². The molecule has 0 aromatic carbocycles. The summed E-state index contributed by atoms with van der Waals surface area (Å²) in [7, 11) is 0. The third-order valence-electron chi connectivity index (χ3n) is 2.23. The van der Waals surface area contributed by atoms with Crippen LogP contribution in [0.3, 0.4) is 0 Å². The third-order valence-corrected chi connectivity index (χ3v) is 2.23. The molecule has 1 aliphatic heterocycles. The van der Waals surface area contributed by atoms with Gasteiger partial charge in [0.1, 0.15) is 5.75 Å². The highest BCUT2D eigenvalue weighted by Crippen LogP contribution is 2.21. The molecule has 3 N–H and O–H groups in total. The fourth-order valence-electron chi connectivity index (χ4n) is 1.54. The van der Waals surface area contributed by atoms with Crippen molar-refractivity contribution in [1.29, 1.82) is 0 Å². The summed E-state index contributed by atoms with van der Waals surface area (Å²) >= 11 is 0. The minimum absolute atomic E-state index is 0.259. The van der Waals surface area contributed by atoms with Crippen LogP contribution in [0.4, 0.5) is 0 Å². The Balaban J connectivity index is 2.50. The second kappa shape index (κ2) is 3.26. The summed E-state index contributed by atoms with van der Waals surface area (Å²) in [6.07, 6.45) is 0.704. The van der Waals surface area contributed by atoms with Crippen LogP contribution in [-0.2, 0) is 13.0 Å². The molecular weight excluding hydrogens is 184 g/mol. The van der Waals surface area contributed by atoms with Crippen LogP contribution in [0.15, 0.2) is 6.07 Å². The van der Waals surface area contributed by atoms with Crippen LogP contribution in [-0.4, -0.2) is 27.7 Å². The molecule has 0 saturated carbocycles. The smallest absolute Gasteiger partial charge is 0.358 e. The van der Waals surface area contributed by atoms with Crippen LogP contribution in [0.5, 0.6) is 5.75 Å². The van der Waals surface area contributed by atoms with Crippen molar-refractivity contribution in [3.05, 3.63) is 23.0 Å². The molecule has 2 rings (SSSR count). The lowest BCUT2D eigenvalue weighted by Crippen LogP contribution is -2.25. The lowest BCUT2D eigenvalue weighted by molar-refractivity contribution is 0.0686. The van der Waals surface area contributed by atoms with Gasteiger partial charge in [0.2, 0.25) is 0 Å². The Morgan fingerprint density at radius 3 is 3.07 bits per heavy atom. The molecule has 1 aromatic heterocycles. The van der Waals surface area contributed by atoms with E-state index < -0.39 is 5.97 Å². The molecule has 0 saturated heterocycles. The molecule has 0 radical (unpaired) electrons. The standard InChI is InChI=1S/C9H10N2O3/c12-7-3-5-4-10-2-1-6(5)11-8(7)9(13)14/h3,10,12H,1-2,4H2,(H,13,14). The predicted octanol–water partition coefficient (Wildman–Crippen LogP) is 0.131. The Kier molecular flexibility index (Phi) is 2.09. The van der Waals surface area contributed by atoms with Crippen LogP contribution in [0.25, 0.3) is 0 Å². The highest BCUT2D eigenvalue weighted by molar-refractivity contribution is 5.88. The predicted molar refractivity (Wildman–Crippen MR) is 48.3 cm³/mol. The Hall–Kier alpha value is -1.62. The zero-order valence-corrected chi connectivity index (χ0v) is 7.45. The first kappa shape index (κ1) is 8.96. The lowest BCUT2D eigenvalue weighted by atomic mass is 10.1. The minimum atomic E-state index is -1.19. The second-order valence-electron chi connectivity index (χ2n) is 3.19. The number of pyridine rings is 1. The van der Waals surface area contributed by atoms with E-state index in [1.165, 1.54) is 6.07 Å². The molecule has 74 valence electrons. The molecule has 0 atom stereocenters. The summed E-state index contributed by atoms with van der Waals surface area (Å²) in [5, 5.41) is 21.2. The van der Waals surface area contributed by atoms with Crippen molar-refractivity contribution >= 4 is 5.97 Å². The fraction of sp³-hybridized carbons (Fsp3) is 0.333. The molecule has 0 bridgehead atoms. The van der Waals surface area contributed by atoms with Gasteiger partial charge in [-0.15, -0.1) is 0 Å². The van der Waals surface area contributed by atoms with Gasteiger partial charge in [-0.3, -0.25) is 0 Å². The summed E-state index contributed by atoms with van der Waals surface area (Å²) in [5.41, 5.74) is 1.38. The van der Waals surface area contributed by atoms with Crippen molar-refractivity contribution in [2.24, 2.45) is 0 Å². The quantitative estimate of drug-likeness (QED) is 0.592. The van der Waals surface area contributed by atoms with Crippen LogP contribution in [0, 0.1) is 0 Å². The summed E-state index contributed by atoms with van der Waals surface area (Å²) in [6.45, 7) is 1.43. The summed E-state index contributed by atoms with van der Waals surface area (Å²) < 4.78 is 0. The van der Waals surface area contributed by atoms with Crippen molar-refractivity contribution in [2.75, 3.05) is 6.54 Å². The number of carbonyl (C=O) groups is 1. The largest absolute Gasteiger partial charge is 0.505 e. The van der Waals surface area contributed by atoms with Crippen LogP contribution < -0.4 is 5.32 Å². The van der Waals surface area contributed by atoms with Gasteiger partial charge in [-0.2, -0.15) is 0 Å². The normalized spacial score (nSPS) is 14.9. The number of nitrogens with one attached hydrogen (secondary N) is 1. The second-order valence-corrected chi connectivity index (χ2v) is 3.19. The molecule has 1 aliphatic rings. The summed E-state index contributed by atoms with van der Waals surface area (Å²) in [4.78, 5) is 14.6. The maximum absolute atomic E-state index is 10.7. The van der Waals surface area contributed by atoms with Crippen LogP contribution in [0.2, 0.25) is 0 Å². The maximum Gasteiger partial charge on any atom is 0.358 e. The van der Waals surface area contributed by atoms with Crippen molar-refractivity contribution in [2.45, 2.75) is 13.0 Å². The average Bonchev–Trinajstić information content (AvgIpc) is 2.16. The van der Waals surface area contributed by atoms with E-state index in [9.17, 15) is 9.90 Å². The maximum atomic E-state index is 10.7. The average molecular weight is 194 g/mol. The fourth-order valence-corrected chi connectivity index (χ4v) is 1.54. The Morgan fingerprint density at radius 2 is 2.36 bits per heavy atom. The van der Waals surface area contributed by atoms with Gasteiger partial charge in [0.05, 0.1) is 0 Å². The van der Waals surface area contributed by atoms with Crippen molar-refractivity contribution in [1.82, 2.24) is 10.3 Å². The number of aromatic hydroxyl groups is 1. The van der Waals surface area contributed by atoms with Gasteiger partial charge in [-0.05, 0) is 11.6 Å². The number of hydrogen-bond donors (Lipinski definition) is 3. The highest BCUT2D eigenvalue weighted by atomic mass is 16.4. The molecule has 0 unspecified atom stereocenters. The van der Waals surface area contributed by atoms with E-state index in [1.807, 2.05) is 0 Å². The number of nitrogens with zero attached hydrogens (tertiary/aromatic N) is 1. The summed E-state index contributed by atoms with van der Waals surface area (Å²) in [5.74, 6) is -1.45. The Bertz CT molecular complexity index is 390. The molecular formula is C9H10N2O3. The van der Waals surface area contributed by atoms with E-state index in [4.69, 9.17) is 5.11 Å². The lowest BCUT2D eigenvalue weighted by Gasteiger charge is -2.16. The van der Waals surface area contributed by atoms with Gasteiger partial charge in [-0.25, -0.2) is 9.78 Å². The van der Waals surface area contributed by atoms with E-state index in [1.54, 1.807) is 0 Å². The molecule has 0 fully saturated rings. The van der Waals surface area contributed by atoms with Gasteiger partial charge in [0.25, 0.3) is 0 Å². The van der Waals surface area contributed by atoms with E-state index in [0.717, 1.165) is 17.8 Å². The van der Waals surface area contributed by atoms with Gasteiger partial charge in [0, 0.05) is 25.2 Å². The number of rotatable bonds is 1. The molecule has 5 nitrogen and oxygen atoms in total. The molecule has 0 spiro atoms. The van der Waals surface area contributed by atoms with Crippen molar-refractivity contribution in [3.63, 3.8) is 0 Å². The van der Waals surface area contributed by atoms with E-state index in [0.29, 0.717) is 13.0 Å². The van der Waals surface area contributed by atoms with Crippen molar-refractivity contribution < 1.29 is 15.0 Å². The monoisotopic (exact) mass is 194 g/mol. The number of fused-ring (bicyclic) bond motifs is 1. The molecule has 1 aromatic rings. The topological polar surface area (TPSA) is 82.5 Å². The highest BCUT2D eigenvalue weighted by Gasteiger charge is 2.17. The molecule has 0 amide bonds. The molecule has 5 heteroatoms. The van der Waals surface area contributed by atoms with Gasteiger partial charge in [-0.1, -0.05) is 0 Å². The van der Waals surface area contributed by atoms with Gasteiger partial charge < -0.3 is 15.5 Å². The van der Waals surface area contributed by atoms with Crippen LogP contribution in [0.1, 0.15) is 21.7 Å². The molecule has 14 heavy (non-hydrogen) atoms. The number of carboxylic acid groups (broad SMARTS) is 1. The van der Waals surface area contributed by atoms with E-state index >= 15 is 0 Å². The first-order valence-corrected chi connectivity index (χ1v) is 4.34. The first-order chi connectivity index (χ1) is 6.68. The van der Waals surface area contributed by atoms with Gasteiger partial charge in [0.15, 0.2) is 5.69 Å². The zero-order valence-electron chi connectivity index (χ0n) is 7.45. The number of aromatic carboxylic acids is 1. The zero-order chi connectivity index (χ0) is 10.1.